The van der Waals surface area contributed by atoms with Gasteiger partial charge in [-0.3, -0.25) is 4.79 Å². The lowest BCUT2D eigenvalue weighted by Crippen LogP contribution is -2.49. The number of halogens is 1. The fourth-order valence-corrected chi connectivity index (χ4v) is 2.43. The number of likely N-dealkylation sites (N-methyl/N-ethyl adjacent to an activating group) is 1. The first-order valence-corrected chi connectivity index (χ1v) is 6.60. The molecule has 1 aliphatic rings. The first-order valence-electron chi connectivity index (χ1n) is 6.06. The summed E-state index contributed by atoms with van der Waals surface area (Å²) in [5.74, 6) is 0.884. The van der Waals surface area contributed by atoms with Gasteiger partial charge in [0.05, 0.1) is 0 Å². The van der Waals surface area contributed by atoms with Crippen molar-refractivity contribution in [3.8, 4) is 0 Å². The second kappa shape index (κ2) is 6.00. The molecule has 5 nitrogen and oxygen atoms in total. The van der Waals surface area contributed by atoms with Gasteiger partial charge in [0.1, 0.15) is 5.88 Å². The summed E-state index contributed by atoms with van der Waals surface area (Å²) in [6, 6.07) is 4.02. The summed E-state index contributed by atoms with van der Waals surface area (Å²) in [6.07, 6.45) is 3.71. The van der Waals surface area contributed by atoms with E-state index in [-0.39, 0.29) is 17.8 Å². The van der Waals surface area contributed by atoms with E-state index in [4.69, 9.17) is 11.6 Å². The van der Waals surface area contributed by atoms with E-state index in [2.05, 4.69) is 15.1 Å². The Hall–Kier alpha value is -1.36. The molecule has 1 amide bonds. The van der Waals surface area contributed by atoms with E-state index in [0.29, 0.717) is 0 Å². The minimum absolute atomic E-state index is 0.0253. The summed E-state index contributed by atoms with van der Waals surface area (Å²) < 4.78 is 0. The molecule has 98 valence electrons. The number of aromatic nitrogens is 2. The molecule has 2 heterocycles. The molecule has 1 saturated heterocycles. The average molecular weight is 269 g/mol. The SMILES string of the molecule is CN(C(=O)CCl)C1CCCN(c2cccnn2)C1. The van der Waals surface area contributed by atoms with Gasteiger partial charge in [-0.2, -0.15) is 5.10 Å². The molecule has 6 heteroatoms. The molecular weight excluding hydrogens is 252 g/mol. The molecule has 1 aromatic heterocycles. The number of rotatable bonds is 3. The second-order valence-corrected chi connectivity index (χ2v) is 4.73. The highest BCUT2D eigenvalue weighted by Crippen LogP contribution is 2.19. The van der Waals surface area contributed by atoms with E-state index < -0.39 is 0 Å². The minimum atomic E-state index is -0.0253. The summed E-state index contributed by atoms with van der Waals surface area (Å²) >= 11 is 5.59. The van der Waals surface area contributed by atoms with Crippen LogP contribution in [0.4, 0.5) is 5.82 Å². The molecule has 2 rings (SSSR count). The molecule has 0 radical (unpaired) electrons. The van der Waals surface area contributed by atoms with E-state index >= 15 is 0 Å². The zero-order valence-corrected chi connectivity index (χ0v) is 11.2. The molecule has 1 unspecified atom stereocenters. The monoisotopic (exact) mass is 268 g/mol. The maximum Gasteiger partial charge on any atom is 0.237 e. The lowest BCUT2D eigenvalue weighted by Gasteiger charge is -2.37. The minimum Gasteiger partial charge on any atom is -0.353 e. The first kappa shape index (κ1) is 13.1. The van der Waals surface area contributed by atoms with Crippen molar-refractivity contribution in [2.45, 2.75) is 18.9 Å². The first-order chi connectivity index (χ1) is 8.72. The van der Waals surface area contributed by atoms with Gasteiger partial charge >= 0.3 is 0 Å². The molecule has 1 fully saturated rings. The Kier molecular flexibility index (Phi) is 4.36. The van der Waals surface area contributed by atoms with Crippen LogP contribution in [0.5, 0.6) is 0 Å². The van der Waals surface area contributed by atoms with Crippen LogP contribution in [0.1, 0.15) is 12.8 Å². The van der Waals surface area contributed by atoms with Crippen LogP contribution < -0.4 is 4.90 Å². The maximum absolute atomic E-state index is 11.6. The van der Waals surface area contributed by atoms with Crippen LogP contribution in [0, 0.1) is 0 Å². The lowest BCUT2D eigenvalue weighted by molar-refractivity contribution is -0.129. The van der Waals surface area contributed by atoms with Crippen molar-refractivity contribution in [1.29, 1.82) is 0 Å². The van der Waals surface area contributed by atoms with Crippen LogP contribution in [0.3, 0.4) is 0 Å². The van der Waals surface area contributed by atoms with Crippen molar-refractivity contribution >= 4 is 23.3 Å². The standard InChI is InChI=1S/C12H17ClN4O/c1-16(12(18)8-13)10-4-3-7-17(9-10)11-5-2-6-14-15-11/h2,5-6,10H,3-4,7-9H2,1H3. The Morgan fingerprint density at radius 1 is 1.67 bits per heavy atom. The number of carbonyl (C=O) groups is 1. The Morgan fingerprint density at radius 2 is 2.50 bits per heavy atom. The molecule has 0 aromatic carbocycles. The Morgan fingerprint density at radius 3 is 3.17 bits per heavy atom. The Labute approximate surface area is 112 Å². The average Bonchev–Trinajstić information content (AvgIpc) is 2.46. The van der Waals surface area contributed by atoms with Crippen LogP contribution >= 0.6 is 11.6 Å². The quantitative estimate of drug-likeness (QED) is 0.772. The van der Waals surface area contributed by atoms with Crippen LogP contribution in [0.2, 0.25) is 0 Å². The van der Waals surface area contributed by atoms with Crippen molar-refractivity contribution in [2.75, 3.05) is 30.9 Å². The van der Waals surface area contributed by atoms with Crippen molar-refractivity contribution in [2.24, 2.45) is 0 Å². The number of hydrogen-bond donors (Lipinski definition) is 0. The third kappa shape index (κ3) is 2.90. The van der Waals surface area contributed by atoms with Crippen molar-refractivity contribution in [1.82, 2.24) is 15.1 Å². The number of alkyl halides is 1. The lowest BCUT2D eigenvalue weighted by atomic mass is 10.0. The maximum atomic E-state index is 11.6. The predicted molar refractivity (Wildman–Crippen MR) is 70.8 cm³/mol. The topological polar surface area (TPSA) is 49.3 Å². The summed E-state index contributed by atoms with van der Waals surface area (Å²) in [7, 11) is 1.82. The van der Waals surface area contributed by atoms with Gasteiger partial charge in [-0.1, -0.05) is 0 Å². The van der Waals surface area contributed by atoms with Crippen molar-refractivity contribution in [3.05, 3.63) is 18.3 Å². The van der Waals surface area contributed by atoms with Gasteiger partial charge in [-0.15, -0.1) is 16.7 Å². The molecule has 0 bridgehead atoms. The van der Waals surface area contributed by atoms with Gasteiger partial charge in [-0.05, 0) is 25.0 Å². The number of amides is 1. The third-order valence-corrected chi connectivity index (χ3v) is 3.56. The molecular formula is C12H17ClN4O. The fraction of sp³-hybridized carbons (Fsp3) is 0.583. The van der Waals surface area contributed by atoms with Crippen molar-refractivity contribution < 1.29 is 4.79 Å². The van der Waals surface area contributed by atoms with E-state index in [1.165, 1.54) is 0 Å². The van der Waals surface area contributed by atoms with E-state index in [9.17, 15) is 4.79 Å². The molecule has 1 atom stereocenters. The molecule has 1 aliphatic heterocycles. The highest BCUT2D eigenvalue weighted by molar-refractivity contribution is 6.27. The molecule has 0 N–H and O–H groups in total. The molecule has 1 aromatic rings. The number of nitrogens with zero attached hydrogens (tertiary/aromatic N) is 4. The van der Waals surface area contributed by atoms with Crippen LogP contribution in [-0.2, 0) is 4.79 Å². The molecule has 0 spiro atoms. The molecule has 0 aliphatic carbocycles. The van der Waals surface area contributed by atoms with Gasteiger partial charge in [0.15, 0.2) is 5.82 Å². The van der Waals surface area contributed by atoms with Gasteiger partial charge in [0.2, 0.25) is 5.91 Å². The molecule has 0 saturated carbocycles. The highest BCUT2D eigenvalue weighted by atomic mass is 35.5. The predicted octanol–water partition coefficient (Wildman–Crippen LogP) is 1.14. The van der Waals surface area contributed by atoms with Crippen molar-refractivity contribution in [3.63, 3.8) is 0 Å². The zero-order valence-electron chi connectivity index (χ0n) is 10.4. The highest BCUT2D eigenvalue weighted by Gasteiger charge is 2.26. The second-order valence-electron chi connectivity index (χ2n) is 4.46. The van der Waals surface area contributed by atoms with E-state index in [0.717, 1.165) is 31.7 Å². The van der Waals surface area contributed by atoms with E-state index in [1.54, 1.807) is 11.1 Å². The van der Waals surface area contributed by atoms with Gasteiger partial charge < -0.3 is 9.80 Å². The smallest absolute Gasteiger partial charge is 0.237 e. The van der Waals surface area contributed by atoms with E-state index in [1.807, 2.05) is 19.2 Å². The fourth-order valence-electron chi connectivity index (χ4n) is 2.24. The van der Waals surface area contributed by atoms with Gasteiger partial charge in [0.25, 0.3) is 0 Å². The summed E-state index contributed by atoms with van der Waals surface area (Å²) in [5.41, 5.74) is 0. The number of hydrogen-bond acceptors (Lipinski definition) is 4. The summed E-state index contributed by atoms with van der Waals surface area (Å²) in [5, 5.41) is 8.00. The molecule has 18 heavy (non-hydrogen) atoms. The van der Waals surface area contributed by atoms with Crippen LogP contribution in [0.15, 0.2) is 18.3 Å². The van der Waals surface area contributed by atoms with Crippen LogP contribution in [0.25, 0.3) is 0 Å². The Balaban J connectivity index is 2.03. The van der Waals surface area contributed by atoms with Gasteiger partial charge in [-0.25, -0.2) is 0 Å². The van der Waals surface area contributed by atoms with Gasteiger partial charge in [0, 0.05) is 32.4 Å². The third-order valence-electron chi connectivity index (χ3n) is 3.33. The summed E-state index contributed by atoms with van der Waals surface area (Å²) in [6.45, 7) is 1.75. The summed E-state index contributed by atoms with van der Waals surface area (Å²) in [4.78, 5) is 15.5. The zero-order chi connectivity index (χ0) is 13.0. The normalized spacial score (nSPS) is 19.7. The van der Waals surface area contributed by atoms with Crippen LogP contribution in [-0.4, -0.2) is 53.1 Å². The number of anilines is 1. The number of piperidine rings is 1. The largest absolute Gasteiger partial charge is 0.353 e. The number of carbonyl (C=O) groups excluding carboxylic acids is 1. The Bertz CT molecular complexity index is 400.